The van der Waals surface area contributed by atoms with E-state index in [1.807, 2.05) is 6.92 Å². The van der Waals surface area contributed by atoms with E-state index in [9.17, 15) is 8.42 Å². The molecular formula is C14H29IN4O3S. The zero-order valence-corrected chi connectivity index (χ0v) is 17.2. The predicted molar refractivity (Wildman–Crippen MR) is 103 cm³/mol. The molecule has 2 aliphatic heterocycles. The summed E-state index contributed by atoms with van der Waals surface area (Å²) >= 11 is 0. The molecule has 0 aromatic rings. The van der Waals surface area contributed by atoms with Crippen molar-refractivity contribution in [1.82, 2.24) is 14.9 Å². The lowest BCUT2D eigenvalue weighted by molar-refractivity contribution is 0.156. The van der Waals surface area contributed by atoms with Crippen molar-refractivity contribution in [2.24, 2.45) is 10.4 Å². The Balaban J connectivity index is 0.00000264. The number of aliphatic imine (C=N–C) groups is 1. The molecule has 0 radical (unpaired) electrons. The molecule has 2 saturated heterocycles. The lowest BCUT2D eigenvalue weighted by atomic mass is 9.87. The number of sulfonamides is 1. The quantitative estimate of drug-likeness (QED) is 0.263. The SMILES string of the molecule is CCNC(=NCCNS(=O)(=O)CC)N1CCC2(CCOC2)C1.I. The van der Waals surface area contributed by atoms with E-state index >= 15 is 0 Å². The molecule has 9 heteroatoms. The zero-order chi connectivity index (χ0) is 16.1. The minimum Gasteiger partial charge on any atom is -0.381 e. The van der Waals surface area contributed by atoms with Gasteiger partial charge in [-0.25, -0.2) is 13.1 Å². The van der Waals surface area contributed by atoms with Crippen molar-refractivity contribution in [3.05, 3.63) is 0 Å². The lowest BCUT2D eigenvalue weighted by Gasteiger charge is -2.25. The molecule has 1 unspecified atom stereocenters. The fraction of sp³-hybridized carbons (Fsp3) is 0.929. The monoisotopic (exact) mass is 460 g/mol. The van der Waals surface area contributed by atoms with Gasteiger partial charge in [0.25, 0.3) is 0 Å². The fourth-order valence-electron chi connectivity index (χ4n) is 2.98. The van der Waals surface area contributed by atoms with Crippen molar-refractivity contribution in [2.45, 2.75) is 26.7 Å². The highest BCUT2D eigenvalue weighted by Crippen LogP contribution is 2.38. The molecule has 2 aliphatic rings. The van der Waals surface area contributed by atoms with Gasteiger partial charge >= 0.3 is 0 Å². The van der Waals surface area contributed by atoms with E-state index in [-0.39, 0.29) is 29.7 Å². The second-order valence-electron chi connectivity index (χ2n) is 6.01. The van der Waals surface area contributed by atoms with Gasteiger partial charge in [0.2, 0.25) is 10.0 Å². The Kier molecular flexibility index (Phi) is 8.53. The molecule has 0 amide bonds. The first-order valence-electron chi connectivity index (χ1n) is 8.08. The largest absolute Gasteiger partial charge is 0.381 e. The fourth-order valence-corrected chi connectivity index (χ4v) is 3.58. The summed E-state index contributed by atoms with van der Waals surface area (Å²) in [7, 11) is -3.14. The summed E-state index contributed by atoms with van der Waals surface area (Å²) in [6, 6.07) is 0. The number of hydrogen-bond donors (Lipinski definition) is 2. The first kappa shape index (κ1) is 20.9. The van der Waals surface area contributed by atoms with E-state index in [1.54, 1.807) is 6.92 Å². The average molecular weight is 460 g/mol. The minimum atomic E-state index is -3.14. The van der Waals surface area contributed by atoms with E-state index in [2.05, 4.69) is 19.9 Å². The Morgan fingerprint density at radius 1 is 1.35 bits per heavy atom. The average Bonchev–Trinajstić information content (AvgIpc) is 3.13. The molecular weight excluding hydrogens is 431 g/mol. The summed E-state index contributed by atoms with van der Waals surface area (Å²) in [4.78, 5) is 6.82. The van der Waals surface area contributed by atoms with Crippen LogP contribution in [0.25, 0.3) is 0 Å². The van der Waals surface area contributed by atoms with Crippen LogP contribution in [0.3, 0.4) is 0 Å². The zero-order valence-electron chi connectivity index (χ0n) is 14.0. The normalized spacial score (nSPS) is 25.0. The molecule has 0 aromatic carbocycles. The van der Waals surface area contributed by atoms with Crippen LogP contribution in [0.2, 0.25) is 0 Å². The second-order valence-corrected chi connectivity index (χ2v) is 8.10. The number of likely N-dealkylation sites (tertiary alicyclic amines) is 1. The molecule has 2 heterocycles. The van der Waals surface area contributed by atoms with Crippen molar-refractivity contribution in [3.63, 3.8) is 0 Å². The first-order valence-corrected chi connectivity index (χ1v) is 9.74. The number of ether oxygens (including phenoxy) is 1. The Hall–Kier alpha value is -0.130. The highest BCUT2D eigenvalue weighted by molar-refractivity contribution is 14.0. The van der Waals surface area contributed by atoms with Gasteiger partial charge in [-0.1, -0.05) is 0 Å². The van der Waals surface area contributed by atoms with Crippen LogP contribution in [-0.2, 0) is 14.8 Å². The standard InChI is InChI=1S/C14H28N4O3S.HI/c1-3-15-13(16-7-8-17-22(19,20)4-2)18-9-5-14(11-18)6-10-21-12-14;/h17H,3-12H2,1-2H3,(H,15,16);1H. The van der Waals surface area contributed by atoms with E-state index in [4.69, 9.17) is 4.74 Å². The number of halogens is 1. The molecule has 1 atom stereocenters. The summed E-state index contributed by atoms with van der Waals surface area (Å²) < 4.78 is 30.9. The van der Waals surface area contributed by atoms with Crippen LogP contribution in [0.1, 0.15) is 26.7 Å². The molecule has 2 rings (SSSR count). The molecule has 136 valence electrons. The van der Waals surface area contributed by atoms with E-state index in [0.29, 0.717) is 18.5 Å². The molecule has 23 heavy (non-hydrogen) atoms. The molecule has 0 bridgehead atoms. The van der Waals surface area contributed by atoms with Gasteiger partial charge in [0.1, 0.15) is 0 Å². The molecule has 0 saturated carbocycles. The van der Waals surface area contributed by atoms with Gasteiger partial charge < -0.3 is 15.0 Å². The molecule has 0 aliphatic carbocycles. The van der Waals surface area contributed by atoms with Gasteiger partial charge in [0.15, 0.2) is 5.96 Å². The van der Waals surface area contributed by atoms with Gasteiger partial charge in [0, 0.05) is 38.2 Å². The number of nitrogens with zero attached hydrogens (tertiary/aromatic N) is 2. The minimum absolute atomic E-state index is 0. The van der Waals surface area contributed by atoms with E-state index < -0.39 is 10.0 Å². The maximum atomic E-state index is 11.4. The van der Waals surface area contributed by atoms with E-state index in [0.717, 1.165) is 51.6 Å². The smallest absolute Gasteiger partial charge is 0.211 e. The van der Waals surface area contributed by atoms with Crippen LogP contribution in [0.4, 0.5) is 0 Å². The maximum Gasteiger partial charge on any atom is 0.211 e. The summed E-state index contributed by atoms with van der Waals surface area (Å²) in [6.07, 6.45) is 2.26. The molecule has 7 nitrogen and oxygen atoms in total. The first-order chi connectivity index (χ1) is 10.5. The summed E-state index contributed by atoms with van der Waals surface area (Å²) in [6.45, 7) is 8.92. The van der Waals surface area contributed by atoms with Crippen LogP contribution in [0.5, 0.6) is 0 Å². The van der Waals surface area contributed by atoms with Crippen molar-refractivity contribution >= 4 is 40.0 Å². The highest BCUT2D eigenvalue weighted by atomic mass is 127. The van der Waals surface area contributed by atoms with Gasteiger partial charge in [-0.2, -0.15) is 0 Å². The topological polar surface area (TPSA) is 83.0 Å². The number of nitrogens with one attached hydrogen (secondary N) is 2. The summed E-state index contributed by atoms with van der Waals surface area (Å²) in [5.41, 5.74) is 0.292. The Labute approximate surface area is 156 Å². The molecule has 2 N–H and O–H groups in total. The number of guanidine groups is 1. The summed E-state index contributed by atoms with van der Waals surface area (Å²) in [5.74, 6) is 0.979. The van der Waals surface area contributed by atoms with Gasteiger partial charge in [-0.15, -0.1) is 24.0 Å². The van der Waals surface area contributed by atoms with Crippen molar-refractivity contribution in [1.29, 1.82) is 0 Å². The number of hydrogen-bond acceptors (Lipinski definition) is 4. The van der Waals surface area contributed by atoms with E-state index in [1.165, 1.54) is 0 Å². The second kappa shape index (κ2) is 9.38. The Morgan fingerprint density at radius 3 is 2.74 bits per heavy atom. The van der Waals surface area contributed by atoms with Crippen LogP contribution in [-0.4, -0.2) is 71.0 Å². The Morgan fingerprint density at radius 2 is 2.13 bits per heavy atom. The van der Waals surface area contributed by atoms with Crippen LogP contribution < -0.4 is 10.0 Å². The maximum absolute atomic E-state index is 11.4. The van der Waals surface area contributed by atoms with Crippen molar-refractivity contribution < 1.29 is 13.2 Å². The third-order valence-electron chi connectivity index (χ3n) is 4.33. The molecule has 0 aromatic heterocycles. The third kappa shape index (κ3) is 6.02. The molecule has 2 fully saturated rings. The predicted octanol–water partition coefficient (Wildman–Crippen LogP) is 0.622. The highest BCUT2D eigenvalue weighted by Gasteiger charge is 2.42. The van der Waals surface area contributed by atoms with Gasteiger partial charge in [0.05, 0.1) is 18.9 Å². The van der Waals surface area contributed by atoms with Crippen LogP contribution >= 0.6 is 24.0 Å². The van der Waals surface area contributed by atoms with Crippen LogP contribution in [0, 0.1) is 5.41 Å². The molecule has 1 spiro atoms. The van der Waals surface area contributed by atoms with Crippen molar-refractivity contribution in [2.75, 3.05) is 51.7 Å². The number of rotatable bonds is 6. The lowest BCUT2D eigenvalue weighted by Crippen LogP contribution is -2.42. The van der Waals surface area contributed by atoms with Crippen LogP contribution in [0.15, 0.2) is 4.99 Å². The Bertz CT molecular complexity index is 492. The van der Waals surface area contributed by atoms with Crippen molar-refractivity contribution in [3.8, 4) is 0 Å². The summed E-state index contributed by atoms with van der Waals surface area (Å²) in [5, 5.41) is 3.30. The van der Waals surface area contributed by atoms with Gasteiger partial charge in [-0.05, 0) is 26.7 Å². The third-order valence-corrected chi connectivity index (χ3v) is 5.74. The van der Waals surface area contributed by atoms with Gasteiger partial charge in [-0.3, -0.25) is 4.99 Å².